The van der Waals surface area contributed by atoms with Gasteiger partial charge in [0.05, 0.1) is 0 Å². The van der Waals surface area contributed by atoms with Crippen LogP contribution in [0.15, 0.2) is 44.8 Å². The summed E-state index contributed by atoms with van der Waals surface area (Å²) in [5.41, 5.74) is 2.35. The first-order valence-electron chi connectivity index (χ1n) is 7.83. The van der Waals surface area contributed by atoms with Gasteiger partial charge in [-0.25, -0.2) is 0 Å². The molecule has 2 aromatic heterocycles. The maximum absolute atomic E-state index is 11.8. The molecule has 0 fully saturated rings. The minimum Gasteiger partial charge on any atom is -0.356 e. The highest BCUT2D eigenvalue weighted by molar-refractivity contribution is 7.07. The Kier molecular flexibility index (Phi) is 6.87. The van der Waals surface area contributed by atoms with Gasteiger partial charge in [-0.2, -0.15) is 11.3 Å². The average molecular weight is 332 g/mol. The monoisotopic (exact) mass is 332 g/mol. The summed E-state index contributed by atoms with van der Waals surface area (Å²) in [7, 11) is 1.77. The number of guanidine groups is 1. The molecule has 0 aromatic carbocycles. The number of hydrogen-bond donors (Lipinski definition) is 2. The zero-order valence-electron chi connectivity index (χ0n) is 13.7. The topological polar surface area (TPSA) is 58.4 Å². The van der Waals surface area contributed by atoms with Crippen molar-refractivity contribution in [3.05, 3.63) is 56.6 Å². The molecule has 5 nitrogen and oxygen atoms in total. The maximum Gasteiger partial charge on any atom is 0.250 e. The molecule has 0 amide bonds. The molecule has 0 saturated heterocycles. The van der Waals surface area contributed by atoms with Gasteiger partial charge in [-0.3, -0.25) is 9.79 Å². The molecule has 0 unspecified atom stereocenters. The van der Waals surface area contributed by atoms with Crippen molar-refractivity contribution in [1.82, 2.24) is 15.2 Å². The summed E-state index contributed by atoms with van der Waals surface area (Å²) in [5, 5.41) is 10.8. The number of pyridine rings is 1. The smallest absolute Gasteiger partial charge is 0.250 e. The average Bonchev–Trinajstić information content (AvgIpc) is 3.06. The number of aliphatic imine (C=N–C) groups is 1. The van der Waals surface area contributed by atoms with Gasteiger partial charge in [0.1, 0.15) is 0 Å². The fourth-order valence-electron chi connectivity index (χ4n) is 2.31. The molecule has 0 aliphatic heterocycles. The molecule has 0 aliphatic carbocycles. The SMILES string of the molecule is CN=C(NCCCCn1c(C)cccc1=O)NCc1ccsc1. The van der Waals surface area contributed by atoms with E-state index in [4.69, 9.17) is 0 Å². The number of aromatic nitrogens is 1. The summed E-state index contributed by atoms with van der Waals surface area (Å²) >= 11 is 1.70. The second-order valence-corrected chi connectivity index (χ2v) is 6.13. The van der Waals surface area contributed by atoms with Crippen molar-refractivity contribution in [1.29, 1.82) is 0 Å². The Balaban J connectivity index is 1.67. The van der Waals surface area contributed by atoms with E-state index in [-0.39, 0.29) is 5.56 Å². The van der Waals surface area contributed by atoms with Gasteiger partial charge in [0, 0.05) is 38.4 Å². The highest BCUT2D eigenvalue weighted by Gasteiger charge is 2.00. The molecule has 2 heterocycles. The minimum atomic E-state index is 0.0752. The first kappa shape index (κ1) is 17.3. The van der Waals surface area contributed by atoms with Crippen molar-refractivity contribution >= 4 is 17.3 Å². The third-order valence-electron chi connectivity index (χ3n) is 3.63. The Morgan fingerprint density at radius 2 is 2.13 bits per heavy atom. The molecule has 0 saturated carbocycles. The van der Waals surface area contributed by atoms with Crippen LogP contribution in [0.5, 0.6) is 0 Å². The number of hydrogen-bond acceptors (Lipinski definition) is 3. The van der Waals surface area contributed by atoms with Crippen molar-refractivity contribution in [3.8, 4) is 0 Å². The highest BCUT2D eigenvalue weighted by Crippen LogP contribution is 2.04. The van der Waals surface area contributed by atoms with E-state index < -0.39 is 0 Å². The van der Waals surface area contributed by atoms with Crippen LogP contribution in [-0.4, -0.2) is 24.1 Å². The third-order valence-corrected chi connectivity index (χ3v) is 4.36. The third kappa shape index (κ3) is 5.56. The van der Waals surface area contributed by atoms with Gasteiger partial charge >= 0.3 is 0 Å². The molecule has 2 rings (SSSR count). The van der Waals surface area contributed by atoms with E-state index in [2.05, 4.69) is 32.5 Å². The molecule has 0 atom stereocenters. The van der Waals surface area contributed by atoms with E-state index >= 15 is 0 Å². The molecule has 6 heteroatoms. The molecule has 23 heavy (non-hydrogen) atoms. The van der Waals surface area contributed by atoms with E-state index in [1.165, 1.54) is 5.56 Å². The van der Waals surface area contributed by atoms with E-state index in [0.29, 0.717) is 0 Å². The normalized spacial score (nSPS) is 11.5. The van der Waals surface area contributed by atoms with Crippen molar-refractivity contribution in [2.24, 2.45) is 4.99 Å². The number of nitrogens with one attached hydrogen (secondary N) is 2. The molecular weight excluding hydrogens is 308 g/mol. The summed E-state index contributed by atoms with van der Waals surface area (Å²) in [6.45, 7) is 4.34. The summed E-state index contributed by atoms with van der Waals surface area (Å²) in [4.78, 5) is 16.0. The standard InChI is InChI=1S/C17H24N4OS/c1-14-6-5-7-16(22)21(14)10-4-3-9-19-17(18-2)20-12-15-8-11-23-13-15/h5-8,11,13H,3-4,9-10,12H2,1-2H3,(H2,18,19,20). The first-order chi connectivity index (χ1) is 11.2. The molecule has 0 radical (unpaired) electrons. The fraction of sp³-hybridized carbons (Fsp3) is 0.412. The molecule has 2 aromatic rings. The predicted octanol–water partition coefficient (Wildman–Crippen LogP) is 2.36. The quantitative estimate of drug-likeness (QED) is 0.465. The van der Waals surface area contributed by atoms with Crippen LogP contribution in [0.1, 0.15) is 24.1 Å². The number of unbranched alkanes of at least 4 members (excludes halogenated alkanes) is 1. The van der Waals surface area contributed by atoms with E-state index in [9.17, 15) is 4.79 Å². The zero-order chi connectivity index (χ0) is 16.5. The van der Waals surface area contributed by atoms with Crippen LogP contribution < -0.4 is 16.2 Å². The number of nitrogens with zero attached hydrogens (tertiary/aromatic N) is 2. The van der Waals surface area contributed by atoms with Gasteiger partial charge in [0.2, 0.25) is 0 Å². The van der Waals surface area contributed by atoms with Gasteiger partial charge in [-0.1, -0.05) is 6.07 Å². The summed E-state index contributed by atoms with van der Waals surface area (Å²) < 4.78 is 1.82. The lowest BCUT2D eigenvalue weighted by Crippen LogP contribution is -2.37. The Labute approximate surface area is 141 Å². The second-order valence-electron chi connectivity index (χ2n) is 5.35. The number of thiophene rings is 1. The number of rotatable bonds is 7. The molecule has 0 spiro atoms. The van der Waals surface area contributed by atoms with E-state index in [0.717, 1.165) is 44.1 Å². The van der Waals surface area contributed by atoms with Gasteiger partial charge in [-0.05, 0) is 48.2 Å². The lowest BCUT2D eigenvalue weighted by atomic mass is 10.3. The van der Waals surface area contributed by atoms with E-state index in [1.807, 2.05) is 17.6 Å². The van der Waals surface area contributed by atoms with Crippen LogP contribution >= 0.6 is 11.3 Å². The van der Waals surface area contributed by atoms with Gasteiger partial charge in [0.15, 0.2) is 5.96 Å². The van der Waals surface area contributed by atoms with Crippen molar-refractivity contribution in [2.45, 2.75) is 32.9 Å². The zero-order valence-corrected chi connectivity index (χ0v) is 14.5. The Morgan fingerprint density at radius 3 is 2.83 bits per heavy atom. The summed E-state index contributed by atoms with van der Waals surface area (Å²) in [6.07, 6.45) is 1.94. The van der Waals surface area contributed by atoms with Crippen LogP contribution in [0.2, 0.25) is 0 Å². The minimum absolute atomic E-state index is 0.0752. The fourth-order valence-corrected chi connectivity index (χ4v) is 2.98. The van der Waals surface area contributed by atoms with Crippen LogP contribution in [0.25, 0.3) is 0 Å². The van der Waals surface area contributed by atoms with Gasteiger partial charge in [-0.15, -0.1) is 0 Å². The number of aryl methyl sites for hydroxylation is 1. The van der Waals surface area contributed by atoms with Crippen LogP contribution in [0.3, 0.4) is 0 Å². The van der Waals surface area contributed by atoms with Crippen molar-refractivity contribution in [3.63, 3.8) is 0 Å². The second kappa shape index (κ2) is 9.15. The lowest BCUT2D eigenvalue weighted by Gasteiger charge is -2.12. The van der Waals surface area contributed by atoms with Gasteiger partial charge in [0.25, 0.3) is 5.56 Å². The molecular formula is C17H24N4OS. The molecule has 2 N–H and O–H groups in total. The summed E-state index contributed by atoms with van der Waals surface area (Å²) in [6, 6.07) is 7.49. The Bertz CT molecular complexity index is 676. The van der Waals surface area contributed by atoms with Crippen LogP contribution in [0.4, 0.5) is 0 Å². The molecule has 124 valence electrons. The van der Waals surface area contributed by atoms with Gasteiger partial charge < -0.3 is 15.2 Å². The Morgan fingerprint density at radius 1 is 1.26 bits per heavy atom. The predicted molar refractivity (Wildman–Crippen MR) is 97.2 cm³/mol. The van der Waals surface area contributed by atoms with Crippen LogP contribution in [0, 0.1) is 6.92 Å². The summed E-state index contributed by atoms with van der Waals surface area (Å²) in [5.74, 6) is 0.809. The lowest BCUT2D eigenvalue weighted by molar-refractivity contribution is 0.575. The maximum atomic E-state index is 11.8. The first-order valence-corrected chi connectivity index (χ1v) is 8.77. The van der Waals surface area contributed by atoms with E-state index in [1.54, 1.807) is 30.5 Å². The van der Waals surface area contributed by atoms with Crippen molar-refractivity contribution in [2.75, 3.05) is 13.6 Å². The Hall–Kier alpha value is -2.08. The van der Waals surface area contributed by atoms with Crippen molar-refractivity contribution < 1.29 is 0 Å². The largest absolute Gasteiger partial charge is 0.356 e. The van der Waals surface area contributed by atoms with Crippen LogP contribution in [-0.2, 0) is 13.1 Å². The molecule has 0 bridgehead atoms. The highest BCUT2D eigenvalue weighted by atomic mass is 32.1. The molecule has 0 aliphatic rings.